The number of nitrogens with zero attached hydrogens (tertiary/aromatic N) is 2. The van der Waals surface area contributed by atoms with Crippen LogP contribution in [0.4, 0.5) is 10.5 Å². The van der Waals surface area contributed by atoms with Crippen molar-refractivity contribution in [2.45, 2.75) is 45.2 Å². The SMILES string of the molecule is Cc1cccc(NC(=O)N2Cc3c(sc4c3CCCC4)-n3cccc3[C@@H]2c2cccs2)c1. The standard InChI is InChI=1S/C26H25N3OS2/c1-17-7-4-8-18(15-17)27-26(30)29-16-20-19-9-2-3-11-22(19)32-25(20)28-13-5-10-21(28)24(29)23-12-6-14-31-23/h4-8,10,12-15,24H,2-3,9,11,16H2,1H3,(H,27,30)/t24-/m1/s1. The number of fused-ring (bicyclic) bond motifs is 5. The Kier molecular flexibility index (Phi) is 4.92. The maximum Gasteiger partial charge on any atom is 0.323 e. The third kappa shape index (κ3) is 3.29. The van der Waals surface area contributed by atoms with Gasteiger partial charge in [0.05, 0.1) is 12.2 Å². The number of carbonyl (C=O) groups is 1. The molecule has 4 nitrogen and oxygen atoms in total. The van der Waals surface area contributed by atoms with Crippen molar-refractivity contribution in [1.82, 2.24) is 9.47 Å². The Hall–Kier alpha value is -2.83. The predicted octanol–water partition coefficient (Wildman–Crippen LogP) is 6.92. The van der Waals surface area contributed by atoms with E-state index in [2.05, 4.69) is 45.7 Å². The lowest BCUT2D eigenvalue weighted by Gasteiger charge is -2.30. The molecule has 2 aliphatic rings. The molecule has 1 aliphatic carbocycles. The summed E-state index contributed by atoms with van der Waals surface area (Å²) in [6.45, 7) is 2.68. The Labute approximate surface area is 196 Å². The average molecular weight is 460 g/mol. The molecule has 1 aliphatic heterocycles. The van der Waals surface area contributed by atoms with Crippen LogP contribution in [0.15, 0.2) is 60.1 Å². The first-order valence-corrected chi connectivity index (χ1v) is 12.9. The van der Waals surface area contributed by atoms with E-state index < -0.39 is 0 Å². The summed E-state index contributed by atoms with van der Waals surface area (Å²) < 4.78 is 2.34. The number of benzene rings is 1. The lowest BCUT2D eigenvalue weighted by atomic mass is 9.95. The highest BCUT2D eigenvalue weighted by Crippen LogP contribution is 2.44. The molecule has 1 N–H and O–H groups in total. The number of urea groups is 1. The van der Waals surface area contributed by atoms with Crippen LogP contribution >= 0.6 is 22.7 Å². The normalized spacial score (nSPS) is 17.3. The fraction of sp³-hybridized carbons (Fsp3) is 0.269. The smallest absolute Gasteiger partial charge is 0.310 e. The Bertz CT molecular complexity index is 1280. The molecule has 0 unspecified atom stereocenters. The lowest BCUT2D eigenvalue weighted by Crippen LogP contribution is -2.37. The van der Waals surface area contributed by atoms with Crippen molar-refractivity contribution in [2.24, 2.45) is 0 Å². The van der Waals surface area contributed by atoms with Gasteiger partial charge in [-0.25, -0.2) is 4.79 Å². The summed E-state index contributed by atoms with van der Waals surface area (Å²) in [4.78, 5) is 18.5. The highest BCUT2D eigenvalue weighted by molar-refractivity contribution is 7.15. The summed E-state index contributed by atoms with van der Waals surface area (Å²) >= 11 is 3.64. The van der Waals surface area contributed by atoms with Crippen molar-refractivity contribution < 1.29 is 4.79 Å². The number of aromatic nitrogens is 1. The second-order valence-electron chi connectivity index (χ2n) is 8.64. The van der Waals surface area contributed by atoms with Gasteiger partial charge in [0.1, 0.15) is 11.0 Å². The van der Waals surface area contributed by atoms with Crippen LogP contribution in [0.2, 0.25) is 0 Å². The number of carbonyl (C=O) groups excluding carboxylic acids is 1. The minimum atomic E-state index is -0.117. The molecule has 1 aromatic carbocycles. The zero-order valence-electron chi connectivity index (χ0n) is 18.0. The number of hydrogen-bond donors (Lipinski definition) is 1. The van der Waals surface area contributed by atoms with Gasteiger partial charge in [0.15, 0.2) is 0 Å². The maximum atomic E-state index is 13.8. The van der Waals surface area contributed by atoms with Gasteiger partial charge in [-0.05, 0) is 79.4 Å². The topological polar surface area (TPSA) is 37.3 Å². The summed E-state index contributed by atoms with van der Waals surface area (Å²) in [5.41, 5.74) is 5.95. The van der Waals surface area contributed by atoms with E-state index in [0.717, 1.165) is 29.8 Å². The molecule has 0 radical (unpaired) electrons. The molecule has 0 saturated heterocycles. The van der Waals surface area contributed by atoms with Crippen LogP contribution in [0.5, 0.6) is 0 Å². The van der Waals surface area contributed by atoms with E-state index in [-0.39, 0.29) is 12.1 Å². The fourth-order valence-electron chi connectivity index (χ4n) is 5.05. The van der Waals surface area contributed by atoms with Crippen LogP contribution in [0.3, 0.4) is 0 Å². The number of nitrogens with one attached hydrogen (secondary N) is 1. The van der Waals surface area contributed by atoms with E-state index in [1.807, 2.05) is 47.4 Å². The van der Waals surface area contributed by atoms with E-state index in [1.54, 1.807) is 11.3 Å². The Morgan fingerprint density at radius 2 is 1.97 bits per heavy atom. The van der Waals surface area contributed by atoms with Gasteiger partial charge in [0, 0.05) is 27.2 Å². The number of thiophene rings is 2. The maximum absolute atomic E-state index is 13.8. The molecule has 6 heteroatoms. The molecule has 0 fully saturated rings. The number of aryl methyl sites for hydroxylation is 2. The molecule has 32 heavy (non-hydrogen) atoms. The molecule has 1 atom stereocenters. The van der Waals surface area contributed by atoms with Gasteiger partial charge in [-0.15, -0.1) is 22.7 Å². The molecule has 3 aromatic heterocycles. The molecular formula is C26H25N3OS2. The summed E-state index contributed by atoms with van der Waals surface area (Å²) in [7, 11) is 0. The molecule has 4 aromatic rings. The number of hydrogen-bond acceptors (Lipinski definition) is 3. The number of anilines is 1. The van der Waals surface area contributed by atoms with E-state index in [0.29, 0.717) is 6.54 Å². The molecule has 6 rings (SSSR count). The van der Waals surface area contributed by atoms with Crippen molar-refractivity contribution in [3.05, 3.63) is 92.2 Å². The van der Waals surface area contributed by atoms with Crippen molar-refractivity contribution in [2.75, 3.05) is 5.32 Å². The molecule has 0 spiro atoms. The van der Waals surface area contributed by atoms with Crippen molar-refractivity contribution in [1.29, 1.82) is 0 Å². The number of amides is 2. The van der Waals surface area contributed by atoms with E-state index >= 15 is 0 Å². The van der Waals surface area contributed by atoms with Crippen LogP contribution in [0, 0.1) is 6.92 Å². The minimum Gasteiger partial charge on any atom is -0.310 e. The van der Waals surface area contributed by atoms with Crippen LogP contribution in [0.1, 0.15) is 51.0 Å². The summed E-state index contributed by atoms with van der Waals surface area (Å²) in [5.74, 6) is 0. The summed E-state index contributed by atoms with van der Waals surface area (Å²) in [5, 5.41) is 6.58. The first-order valence-electron chi connectivity index (χ1n) is 11.2. The highest BCUT2D eigenvalue weighted by atomic mass is 32.1. The predicted molar refractivity (Wildman–Crippen MR) is 132 cm³/mol. The quantitative estimate of drug-likeness (QED) is 0.347. The monoisotopic (exact) mass is 459 g/mol. The van der Waals surface area contributed by atoms with Crippen LogP contribution in [-0.2, 0) is 19.4 Å². The number of rotatable bonds is 2. The largest absolute Gasteiger partial charge is 0.323 e. The second-order valence-corrected chi connectivity index (χ2v) is 10.7. The van der Waals surface area contributed by atoms with Gasteiger partial charge in [0.2, 0.25) is 0 Å². The Morgan fingerprint density at radius 3 is 2.81 bits per heavy atom. The van der Waals surface area contributed by atoms with Gasteiger partial charge in [-0.1, -0.05) is 18.2 Å². The van der Waals surface area contributed by atoms with Gasteiger partial charge in [-0.2, -0.15) is 0 Å². The van der Waals surface area contributed by atoms with Gasteiger partial charge >= 0.3 is 6.03 Å². The Balaban J connectivity index is 1.49. The Morgan fingerprint density at radius 1 is 1.06 bits per heavy atom. The van der Waals surface area contributed by atoms with E-state index in [4.69, 9.17) is 0 Å². The minimum absolute atomic E-state index is 0.0506. The third-order valence-corrected chi connectivity index (χ3v) is 8.78. The lowest BCUT2D eigenvalue weighted by molar-refractivity contribution is 0.195. The molecule has 2 amide bonds. The van der Waals surface area contributed by atoms with E-state index in [9.17, 15) is 4.79 Å². The first kappa shape index (κ1) is 19.8. The van der Waals surface area contributed by atoms with Crippen molar-refractivity contribution >= 4 is 34.4 Å². The van der Waals surface area contributed by atoms with Crippen LogP contribution < -0.4 is 5.32 Å². The summed E-state index contributed by atoms with van der Waals surface area (Å²) in [6, 6.07) is 16.4. The summed E-state index contributed by atoms with van der Waals surface area (Å²) in [6.07, 6.45) is 6.94. The molecule has 4 heterocycles. The third-order valence-electron chi connectivity index (χ3n) is 6.52. The molecule has 0 bridgehead atoms. The van der Waals surface area contributed by atoms with E-state index in [1.165, 1.54) is 38.7 Å². The van der Waals surface area contributed by atoms with Crippen LogP contribution in [0.25, 0.3) is 5.00 Å². The molecule has 0 saturated carbocycles. The zero-order valence-corrected chi connectivity index (χ0v) is 19.6. The van der Waals surface area contributed by atoms with Crippen LogP contribution in [-0.4, -0.2) is 15.5 Å². The molecule has 162 valence electrons. The first-order chi connectivity index (χ1) is 15.7. The fourth-order valence-corrected chi connectivity index (χ4v) is 7.30. The van der Waals surface area contributed by atoms with Gasteiger partial charge in [-0.3, -0.25) is 0 Å². The van der Waals surface area contributed by atoms with Crippen molar-refractivity contribution in [3.63, 3.8) is 0 Å². The van der Waals surface area contributed by atoms with Gasteiger partial charge < -0.3 is 14.8 Å². The molecular weight excluding hydrogens is 434 g/mol. The highest BCUT2D eigenvalue weighted by Gasteiger charge is 2.36. The second kappa shape index (κ2) is 7.94. The van der Waals surface area contributed by atoms with Gasteiger partial charge in [0.25, 0.3) is 0 Å². The average Bonchev–Trinajstić information content (AvgIpc) is 3.53. The zero-order chi connectivity index (χ0) is 21.7. The van der Waals surface area contributed by atoms with Crippen molar-refractivity contribution in [3.8, 4) is 5.00 Å².